The summed E-state index contributed by atoms with van der Waals surface area (Å²) in [5.74, 6) is 0.906. The molecule has 0 aliphatic rings. The minimum Gasteiger partial charge on any atom is -0.464 e. The molecule has 0 aliphatic heterocycles. The quantitative estimate of drug-likeness (QED) is 0.736. The first-order chi connectivity index (χ1) is 9.67. The molecular formula is C14H12ClN3O2. The van der Waals surface area contributed by atoms with Crippen molar-refractivity contribution < 1.29 is 9.15 Å². The maximum atomic E-state index is 5.88. The molecule has 0 amide bonds. The van der Waals surface area contributed by atoms with E-state index < -0.39 is 0 Å². The lowest BCUT2D eigenvalue weighted by Crippen LogP contribution is -2.00. The van der Waals surface area contributed by atoms with E-state index in [0.29, 0.717) is 18.2 Å². The van der Waals surface area contributed by atoms with Gasteiger partial charge in [0.15, 0.2) is 5.76 Å². The first kappa shape index (κ1) is 12.9. The Morgan fingerprint density at radius 1 is 1.25 bits per heavy atom. The van der Waals surface area contributed by atoms with Crippen LogP contribution in [0.15, 0.2) is 28.7 Å². The summed E-state index contributed by atoms with van der Waals surface area (Å²) in [4.78, 5) is 12.2. The van der Waals surface area contributed by atoms with Crippen molar-refractivity contribution in [3.05, 3.63) is 35.1 Å². The molecule has 3 rings (SSSR count). The molecular weight excluding hydrogens is 278 g/mol. The number of benzene rings is 1. The van der Waals surface area contributed by atoms with Gasteiger partial charge in [-0.15, -0.1) is 0 Å². The van der Waals surface area contributed by atoms with Gasteiger partial charge in [0.1, 0.15) is 5.58 Å². The first-order valence-electron chi connectivity index (χ1n) is 6.21. The standard InChI is InChI=1S/C14H12ClN3O2/c1-3-19-14-17-12(16-13(15)18-14)10-7-9-6-4-5-8(2)11(9)20-10/h4-7H,3H2,1-2H3. The van der Waals surface area contributed by atoms with Crippen LogP contribution < -0.4 is 4.74 Å². The molecule has 0 unspecified atom stereocenters. The number of halogens is 1. The van der Waals surface area contributed by atoms with Gasteiger partial charge in [0, 0.05) is 5.39 Å². The number of nitrogens with zero attached hydrogens (tertiary/aromatic N) is 3. The third kappa shape index (κ3) is 2.32. The highest BCUT2D eigenvalue weighted by molar-refractivity contribution is 6.28. The summed E-state index contributed by atoms with van der Waals surface area (Å²) in [7, 11) is 0. The Labute approximate surface area is 120 Å². The van der Waals surface area contributed by atoms with Gasteiger partial charge in [0.05, 0.1) is 6.61 Å². The Morgan fingerprint density at radius 2 is 2.10 bits per heavy atom. The zero-order chi connectivity index (χ0) is 14.1. The highest BCUT2D eigenvalue weighted by Crippen LogP contribution is 2.28. The second-order valence-corrected chi connectivity index (χ2v) is 4.59. The van der Waals surface area contributed by atoms with Gasteiger partial charge in [0.25, 0.3) is 0 Å². The third-order valence-electron chi connectivity index (χ3n) is 2.82. The van der Waals surface area contributed by atoms with Crippen LogP contribution in [0.25, 0.3) is 22.6 Å². The highest BCUT2D eigenvalue weighted by Gasteiger charge is 2.13. The number of fused-ring (bicyclic) bond motifs is 1. The van der Waals surface area contributed by atoms with E-state index in [1.165, 1.54) is 0 Å². The summed E-state index contributed by atoms with van der Waals surface area (Å²) in [5, 5.41) is 1.07. The molecule has 0 bridgehead atoms. The summed E-state index contributed by atoms with van der Waals surface area (Å²) in [5.41, 5.74) is 1.87. The van der Waals surface area contributed by atoms with E-state index in [-0.39, 0.29) is 11.3 Å². The van der Waals surface area contributed by atoms with Crippen molar-refractivity contribution >= 4 is 22.6 Å². The Balaban J connectivity index is 2.12. The zero-order valence-corrected chi connectivity index (χ0v) is 11.8. The summed E-state index contributed by atoms with van der Waals surface area (Å²) >= 11 is 5.88. The molecule has 6 heteroatoms. The average molecular weight is 290 g/mol. The molecule has 3 aromatic rings. The van der Waals surface area contributed by atoms with Crippen LogP contribution in [0.5, 0.6) is 6.01 Å². The van der Waals surface area contributed by atoms with Crippen LogP contribution in [0.2, 0.25) is 5.28 Å². The number of ether oxygens (including phenoxy) is 1. The van der Waals surface area contributed by atoms with Gasteiger partial charge in [-0.1, -0.05) is 18.2 Å². The molecule has 0 N–H and O–H groups in total. The lowest BCUT2D eigenvalue weighted by atomic mass is 10.2. The van der Waals surface area contributed by atoms with Crippen LogP contribution >= 0.6 is 11.6 Å². The fraction of sp³-hybridized carbons (Fsp3) is 0.214. The molecule has 0 saturated carbocycles. The largest absolute Gasteiger partial charge is 0.464 e. The predicted octanol–water partition coefficient (Wildman–Crippen LogP) is 3.65. The van der Waals surface area contributed by atoms with Crippen molar-refractivity contribution in [2.75, 3.05) is 6.61 Å². The Morgan fingerprint density at radius 3 is 2.85 bits per heavy atom. The highest BCUT2D eigenvalue weighted by atomic mass is 35.5. The number of furan rings is 1. The van der Waals surface area contributed by atoms with E-state index in [9.17, 15) is 0 Å². The summed E-state index contributed by atoms with van der Waals surface area (Å²) in [6, 6.07) is 8.01. The monoisotopic (exact) mass is 289 g/mol. The summed E-state index contributed by atoms with van der Waals surface area (Å²) in [6.45, 7) is 4.29. The maximum absolute atomic E-state index is 5.88. The molecule has 0 spiro atoms. The fourth-order valence-electron chi connectivity index (χ4n) is 1.95. The van der Waals surface area contributed by atoms with Crippen molar-refractivity contribution in [2.24, 2.45) is 0 Å². The minimum atomic E-state index is 0.0793. The van der Waals surface area contributed by atoms with Crippen LogP contribution in [0, 0.1) is 6.92 Å². The number of aromatic nitrogens is 3. The number of hydrogen-bond acceptors (Lipinski definition) is 5. The SMILES string of the molecule is CCOc1nc(Cl)nc(-c2cc3cccc(C)c3o2)n1. The van der Waals surface area contributed by atoms with Crippen LogP contribution in [-0.4, -0.2) is 21.6 Å². The van der Waals surface area contributed by atoms with Crippen molar-refractivity contribution in [3.8, 4) is 17.6 Å². The molecule has 20 heavy (non-hydrogen) atoms. The van der Waals surface area contributed by atoms with Gasteiger partial charge in [0.2, 0.25) is 11.1 Å². The van der Waals surface area contributed by atoms with Gasteiger partial charge in [-0.2, -0.15) is 15.0 Å². The second-order valence-electron chi connectivity index (χ2n) is 4.25. The van der Waals surface area contributed by atoms with Crippen molar-refractivity contribution in [1.29, 1.82) is 0 Å². The topological polar surface area (TPSA) is 61.0 Å². The maximum Gasteiger partial charge on any atom is 0.321 e. The molecule has 5 nitrogen and oxygen atoms in total. The number of rotatable bonds is 3. The van der Waals surface area contributed by atoms with E-state index in [0.717, 1.165) is 16.5 Å². The zero-order valence-electron chi connectivity index (χ0n) is 11.1. The van der Waals surface area contributed by atoms with E-state index in [2.05, 4.69) is 15.0 Å². The van der Waals surface area contributed by atoms with E-state index in [1.54, 1.807) is 0 Å². The molecule has 0 aliphatic carbocycles. The Kier molecular flexibility index (Phi) is 3.28. The number of aryl methyl sites for hydroxylation is 1. The molecule has 0 fully saturated rings. The Bertz CT molecular complexity index is 770. The summed E-state index contributed by atoms with van der Waals surface area (Å²) in [6.07, 6.45) is 0. The normalized spacial score (nSPS) is 10.9. The van der Waals surface area contributed by atoms with Crippen LogP contribution in [-0.2, 0) is 0 Å². The molecule has 102 valence electrons. The van der Waals surface area contributed by atoms with Gasteiger partial charge in [-0.3, -0.25) is 0 Å². The van der Waals surface area contributed by atoms with Crippen LogP contribution in [0.1, 0.15) is 12.5 Å². The van der Waals surface area contributed by atoms with E-state index in [1.807, 2.05) is 38.1 Å². The molecule has 2 heterocycles. The molecule has 1 aromatic carbocycles. The minimum absolute atomic E-state index is 0.0793. The fourth-order valence-corrected chi connectivity index (χ4v) is 2.11. The van der Waals surface area contributed by atoms with Gasteiger partial charge >= 0.3 is 6.01 Å². The second kappa shape index (κ2) is 5.09. The Hall–Kier alpha value is -2.14. The smallest absolute Gasteiger partial charge is 0.321 e. The molecule has 2 aromatic heterocycles. The van der Waals surface area contributed by atoms with E-state index in [4.69, 9.17) is 20.8 Å². The molecule has 0 atom stereocenters. The van der Waals surface area contributed by atoms with Gasteiger partial charge in [-0.25, -0.2) is 0 Å². The lowest BCUT2D eigenvalue weighted by Gasteiger charge is -2.02. The summed E-state index contributed by atoms with van der Waals surface area (Å²) < 4.78 is 11.1. The van der Waals surface area contributed by atoms with Crippen molar-refractivity contribution in [2.45, 2.75) is 13.8 Å². The van der Waals surface area contributed by atoms with Crippen molar-refractivity contribution in [1.82, 2.24) is 15.0 Å². The van der Waals surface area contributed by atoms with Gasteiger partial charge < -0.3 is 9.15 Å². The number of para-hydroxylation sites is 1. The molecule has 0 saturated heterocycles. The van der Waals surface area contributed by atoms with Crippen LogP contribution in [0.4, 0.5) is 0 Å². The first-order valence-corrected chi connectivity index (χ1v) is 6.59. The van der Waals surface area contributed by atoms with E-state index >= 15 is 0 Å². The van der Waals surface area contributed by atoms with Crippen LogP contribution in [0.3, 0.4) is 0 Å². The molecule has 0 radical (unpaired) electrons. The van der Waals surface area contributed by atoms with Crippen molar-refractivity contribution in [3.63, 3.8) is 0 Å². The average Bonchev–Trinajstić information content (AvgIpc) is 2.84. The lowest BCUT2D eigenvalue weighted by molar-refractivity contribution is 0.311. The van der Waals surface area contributed by atoms with Gasteiger partial charge in [-0.05, 0) is 37.1 Å². The predicted molar refractivity (Wildman–Crippen MR) is 76.0 cm³/mol. The number of hydrogen-bond donors (Lipinski definition) is 0. The third-order valence-corrected chi connectivity index (χ3v) is 2.99.